The average Bonchev–Trinajstić information content (AvgIpc) is 2.38. The van der Waals surface area contributed by atoms with Gasteiger partial charge in [-0.25, -0.2) is 0 Å². The Morgan fingerprint density at radius 2 is 1.67 bits per heavy atom. The monoisotopic (exact) mass is 236 g/mol. The van der Waals surface area contributed by atoms with Crippen molar-refractivity contribution in [3.05, 3.63) is 59.2 Å². The molecule has 90 valence electrons. The number of rotatable bonds is 2. The third kappa shape index (κ3) is 2.36. The summed E-state index contributed by atoms with van der Waals surface area (Å²) in [5.41, 5.74) is 5.33. The molecule has 2 nitrogen and oxygen atoms in total. The molecule has 0 radical (unpaired) electrons. The maximum Gasteiger partial charge on any atom is 0.0991 e. The standard InChI is InChI=1S/C16H16N2/c1-12-4-7-15(8-5-12)18(3)16-9-6-14(11-17)10-13(16)2/h4-10H,1-3H3. The zero-order valence-electron chi connectivity index (χ0n) is 10.9. The van der Waals surface area contributed by atoms with Crippen LogP contribution in [0.3, 0.4) is 0 Å². The average molecular weight is 236 g/mol. The smallest absolute Gasteiger partial charge is 0.0991 e. The minimum atomic E-state index is 0.702. The van der Waals surface area contributed by atoms with E-state index in [-0.39, 0.29) is 0 Å². The van der Waals surface area contributed by atoms with Gasteiger partial charge in [-0.05, 0) is 49.7 Å². The van der Waals surface area contributed by atoms with Gasteiger partial charge in [0.2, 0.25) is 0 Å². The first kappa shape index (κ1) is 12.2. The minimum absolute atomic E-state index is 0.702. The topological polar surface area (TPSA) is 27.0 Å². The summed E-state index contributed by atoms with van der Waals surface area (Å²) in [5, 5.41) is 8.88. The molecule has 0 N–H and O–H groups in total. The largest absolute Gasteiger partial charge is 0.344 e. The van der Waals surface area contributed by atoms with Gasteiger partial charge in [-0.1, -0.05) is 17.7 Å². The Morgan fingerprint density at radius 1 is 1.00 bits per heavy atom. The van der Waals surface area contributed by atoms with E-state index in [0.29, 0.717) is 5.56 Å². The second-order valence-electron chi connectivity index (χ2n) is 4.51. The molecule has 0 heterocycles. The van der Waals surface area contributed by atoms with Gasteiger partial charge < -0.3 is 4.90 Å². The number of aryl methyl sites for hydroxylation is 2. The van der Waals surface area contributed by atoms with Gasteiger partial charge in [0.1, 0.15) is 0 Å². The van der Waals surface area contributed by atoms with Crippen LogP contribution in [-0.4, -0.2) is 7.05 Å². The lowest BCUT2D eigenvalue weighted by molar-refractivity contribution is 1.18. The van der Waals surface area contributed by atoms with Crippen LogP contribution >= 0.6 is 0 Å². The van der Waals surface area contributed by atoms with Crippen molar-refractivity contribution in [2.24, 2.45) is 0 Å². The van der Waals surface area contributed by atoms with Gasteiger partial charge in [-0.2, -0.15) is 5.26 Å². The Kier molecular flexibility index (Phi) is 3.34. The fourth-order valence-electron chi connectivity index (χ4n) is 2.01. The summed E-state index contributed by atoms with van der Waals surface area (Å²) in [7, 11) is 2.04. The van der Waals surface area contributed by atoms with Crippen LogP contribution in [0.2, 0.25) is 0 Å². The molecule has 2 aromatic rings. The van der Waals surface area contributed by atoms with Gasteiger partial charge in [0.25, 0.3) is 0 Å². The predicted octanol–water partition coefficient (Wildman–Crippen LogP) is 3.94. The molecule has 0 amide bonds. The van der Waals surface area contributed by atoms with E-state index in [2.05, 4.69) is 42.2 Å². The molecule has 0 aliphatic carbocycles. The van der Waals surface area contributed by atoms with Gasteiger partial charge in [-0.15, -0.1) is 0 Å². The molecule has 0 unspecified atom stereocenters. The van der Waals surface area contributed by atoms with Crippen molar-refractivity contribution in [3.8, 4) is 6.07 Å². The van der Waals surface area contributed by atoms with E-state index in [1.54, 1.807) is 0 Å². The fraction of sp³-hybridized carbons (Fsp3) is 0.188. The Bertz CT molecular complexity index is 591. The van der Waals surface area contributed by atoms with Crippen molar-refractivity contribution >= 4 is 11.4 Å². The number of benzene rings is 2. The van der Waals surface area contributed by atoms with Gasteiger partial charge in [0.15, 0.2) is 0 Å². The molecule has 0 atom stereocenters. The van der Waals surface area contributed by atoms with Crippen LogP contribution in [0.15, 0.2) is 42.5 Å². The van der Waals surface area contributed by atoms with Gasteiger partial charge in [-0.3, -0.25) is 0 Å². The highest BCUT2D eigenvalue weighted by molar-refractivity contribution is 5.66. The second-order valence-corrected chi connectivity index (χ2v) is 4.51. The molecule has 0 aliphatic rings. The Balaban J connectivity index is 2.37. The summed E-state index contributed by atoms with van der Waals surface area (Å²) in [4.78, 5) is 2.13. The summed E-state index contributed by atoms with van der Waals surface area (Å²) >= 11 is 0. The number of nitriles is 1. The number of hydrogen-bond acceptors (Lipinski definition) is 2. The normalized spacial score (nSPS) is 9.89. The summed E-state index contributed by atoms with van der Waals surface area (Å²) in [5.74, 6) is 0. The Labute approximate surface area is 108 Å². The SMILES string of the molecule is Cc1ccc(N(C)c2ccc(C#N)cc2C)cc1. The van der Waals surface area contributed by atoms with Crippen LogP contribution in [0.25, 0.3) is 0 Å². The third-order valence-electron chi connectivity index (χ3n) is 3.11. The highest BCUT2D eigenvalue weighted by Gasteiger charge is 2.07. The predicted molar refractivity (Wildman–Crippen MR) is 75.1 cm³/mol. The molecule has 18 heavy (non-hydrogen) atoms. The van der Waals surface area contributed by atoms with Crippen molar-refractivity contribution < 1.29 is 0 Å². The van der Waals surface area contributed by atoms with Crippen molar-refractivity contribution in [3.63, 3.8) is 0 Å². The molecule has 0 aliphatic heterocycles. The lowest BCUT2D eigenvalue weighted by atomic mass is 10.1. The van der Waals surface area contributed by atoms with Gasteiger partial charge in [0, 0.05) is 18.4 Å². The van der Waals surface area contributed by atoms with Crippen molar-refractivity contribution in [2.45, 2.75) is 13.8 Å². The van der Waals surface area contributed by atoms with Gasteiger partial charge in [0.05, 0.1) is 11.6 Å². The summed E-state index contributed by atoms with van der Waals surface area (Å²) in [6.45, 7) is 4.11. The third-order valence-corrected chi connectivity index (χ3v) is 3.11. The van der Waals surface area contributed by atoms with E-state index >= 15 is 0 Å². The summed E-state index contributed by atoms with van der Waals surface area (Å²) in [6, 6.07) is 16.3. The van der Waals surface area contributed by atoms with Crippen LogP contribution < -0.4 is 4.90 Å². The Hall–Kier alpha value is -2.27. The highest BCUT2D eigenvalue weighted by Crippen LogP contribution is 2.27. The molecule has 2 aromatic carbocycles. The maximum absolute atomic E-state index is 8.88. The van der Waals surface area contributed by atoms with Crippen LogP contribution in [-0.2, 0) is 0 Å². The van der Waals surface area contributed by atoms with Crippen LogP contribution in [0.5, 0.6) is 0 Å². The van der Waals surface area contributed by atoms with Crippen LogP contribution in [0.1, 0.15) is 16.7 Å². The number of nitrogens with zero attached hydrogens (tertiary/aromatic N) is 2. The van der Waals surface area contributed by atoms with Crippen LogP contribution in [0.4, 0.5) is 11.4 Å². The van der Waals surface area contributed by atoms with E-state index in [0.717, 1.165) is 16.9 Å². The first-order valence-electron chi connectivity index (χ1n) is 5.93. The molecule has 2 rings (SSSR count). The lowest BCUT2D eigenvalue weighted by Gasteiger charge is -2.21. The molecule has 0 saturated carbocycles. The molecule has 0 saturated heterocycles. The van der Waals surface area contributed by atoms with E-state index in [1.807, 2.05) is 32.2 Å². The Morgan fingerprint density at radius 3 is 2.22 bits per heavy atom. The number of hydrogen-bond donors (Lipinski definition) is 0. The summed E-state index contributed by atoms with van der Waals surface area (Å²) < 4.78 is 0. The lowest BCUT2D eigenvalue weighted by Crippen LogP contribution is -2.10. The summed E-state index contributed by atoms with van der Waals surface area (Å²) in [6.07, 6.45) is 0. The zero-order valence-corrected chi connectivity index (χ0v) is 10.9. The first-order chi connectivity index (χ1) is 8.61. The second kappa shape index (κ2) is 4.93. The van der Waals surface area contributed by atoms with E-state index in [1.165, 1.54) is 5.56 Å². The molecule has 0 aromatic heterocycles. The zero-order chi connectivity index (χ0) is 13.1. The van der Waals surface area contributed by atoms with E-state index in [9.17, 15) is 0 Å². The van der Waals surface area contributed by atoms with Crippen molar-refractivity contribution in [1.82, 2.24) is 0 Å². The molecule has 0 fully saturated rings. The molecular weight excluding hydrogens is 220 g/mol. The maximum atomic E-state index is 8.88. The van der Waals surface area contributed by atoms with Crippen LogP contribution in [0, 0.1) is 25.2 Å². The van der Waals surface area contributed by atoms with Gasteiger partial charge >= 0.3 is 0 Å². The van der Waals surface area contributed by atoms with Crippen molar-refractivity contribution in [2.75, 3.05) is 11.9 Å². The van der Waals surface area contributed by atoms with E-state index < -0.39 is 0 Å². The molecule has 0 bridgehead atoms. The van der Waals surface area contributed by atoms with E-state index in [4.69, 9.17) is 5.26 Å². The quantitative estimate of drug-likeness (QED) is 0.789. The fourth-order valence-corrected chi connectivity index (χ4v) is 2.01. The number of anilines is 2. The van der Waals surface area contributed by atoms with Crippen molar-refractivity contribution in [1.29, 1.82) is 5.26 Å². The molecule has 2 heteroatoms. The molecular formula is C16H16N2. The minimum Gasteiger partial charge on any atom is -0.344 e. The molecule has 0 spiro atoms. The highest BCUT2D eigenvalue weighted by atomic mass is 15.1. The first-order valence-corrected chi connectivity index (χ1v) is 5.93.